The van der Waals surface area contributed by atoms with Crippen LogP contribution in [-0.2, 0) is 0 Å². The Bertz CT molecular complexity index is 924. The van der Waals surface area contributed by atoms with Crippen LogP contribution in [-0.4, -0.2) is 16.6 Å². The summed E-state index contributed by atoms with van der Waals surface area (Å²) in [6.07, 6.45) is 3.82. The number of fused-ring (bicyclic) bond motifs is 3. The third-order valence-electron chi connectivity index (χ3n) is 4.70. The first-order valence-electron chi connectivity index (χ1n) is 9.43. The molecule has 4 rings (SSSR count). The van der Waals surface area contributed by atoms with Gasteiger partial charge in [-0.3, -0.25) is 0 Å². The van der Waals surface area contributed by atoms with E-state index in [0.29, 0.717) is 12.6 Å². The van der Waals surface area contributed by atoms with Crippen LogP contribution in [0.15, 0.2) is 54.7 Å². The Balaban J connectivity index is 1.73. The molecule has 0 amide bonds. The van der Waals surface area contributed by atoms with E-state index in [1.165, 1.54) is 5.56 Å². The van der Waals surface area contributed by atoms with Crippen molar-refractivity contribution in [2.24, 2.45) is 0 Å². The van der Waals surface area contributed by atoms with Gasteiger partial charge in [-0.2, -0.15) is 4.98 Å². The Morgan fingerprint density at radius 1 is 1.00 bits per heavy atom. The maximum absolute atomic E-state index is 5.72. The summed E-state index contributed by atoms with van der Waals surface area (Å²) >= 11 is 0. The van der Waals surface area contributed by atoms with Crippen molar-refractivity contribution in [2.75, 3.05) is 17.2 Å². The van der Waals surface area contributed by atoms with Crippen molar-refractivity contribution in [3.63, 3.8) is 0 Å². The minimum atomic E-state index is -0.0913. The number of para-hydroxylation sites is 1. The zero-order valence-corrected chi connectivity index (χ0v) is 15.7. The molecule has 0 saturated carbocycles. The molecule has 0 radical (unpaired) electrons. The first-order valence-corrected chi connectivity index (χ1v) is 9.43. The number of rotatable bonds is 5. The van der Waals surface area contributed by atoms with Gasteiger partial charge in [0.25, 0.3) is 0 Å². The van der Waals surface area contributed by atoms with E-state index in [1.54, 1.807) is 0 Å². The number of hydrogen-bond acceptors (Lipinski definition) is 5. The molecule has 3 aromatic rings. The van der Waals surface area contributed by atoms with Crippen LogP contribution < -0.4 is 15.4 Å². The highest BCUT2D eigenvalue weighted by Crippen LogP contribution is 2.39. The number of unbranched alkanes of at least 4 members (excludes halogenated alkanes) is 1. The molecule has 0 spiro atoms. The van der Waals surface area contributed by atoms with Crippen molar-refractivity contribution in [1.29, 1.82) is 0 Å². The number of aromatic nitrogens is 2. The number of nitrogens with one attached hydrogen (secondary N) is 2. The van der Waals surface area contributed by atoms with Crippen LogP contribution in [0, 0.1) is 6.92 Å². The van der Waals surface area contributed by atoms with Crippen LogP contribution in [0.4, 0.5) is 11.5 Å². The lowest BCUT2D eigenvalue weighted by molar-refractivity contribution is 0.286. The van der Waals surface area contributed by atoms with Crippen LogP contribution in [0.25, 0.3) is 11.1 Å². The van der Waals surface area contributed by atoms with Gasteiger partial charge in [-0.25, -0.2) is 4.98 Å². The van der Waals surface area contributed by atoms with E-state index in [9.17, 15) is 0 Å². The molecule has 0 bridgehead atoms. The van der Waals surface area contributed by atoms with Crippen molar-refractivity contribution in [3.8, 4) is 17.1 Å². The van der Waals surface area contributed by atoms with Crippen molar-refractivity contribution < 1.29 is 4.74 Å². The van der Waals surface area contributed by atoms with Gasteiger partial charge in [0.1, 0.15) is 12.0 Å². The van der Waals surface area contributed by atoms with Gasteiger partial charge in [0.15, 0.2) is 0 Å². The lowest BCUT2D eigenvalue weighted by atomic mass is 10.1. The summed E-state index contributed by atoms with van der Waals surface area (Å²) in [7, 11) is 0. The first-order chi connectivity index (χ1) is 13.2. The van der Waals surface area contributed by atoms with Gasteiger partial charge in [0, 0.05) is 23.0 Å². The van der Waals surface area contributed by atoms with Crippen LogP contribution in [0.1, 0.15) is 37.1 Å². The average Bonchev–Trinajstić information content (AvgIpc) is 2.85. The molecule has 2 heterocycles. The molecular formula is C22H24N4O. The smallest absolute Gasteiger partial charge is 0.318 e. The second-order valence-corrected chi connectivity index (χ2v) is 6.79. The van der Waals surface area contributed by atoms with Gasteiger partial charge in [-0.1, -0.05) is 61.4 Å². The number of nitrogens with zero attached hydrogens (tertiary/aromatic N) is 2. The maximum Gasteiger partial charge on any atom is 0.318 e. The van der Waals surface area contributed by atoms with Crippen LogP contribution >= 0.6 is 0 Å². The largest absolute Gasteiger partial charge is 0.463 e. The van der Waals surface area contributed by atoms with E-state index in [-0.39, 0.29) is 6.17 Å². The lowest BCUT2D eigenvalue weighted by Crippen LogP contribution is -2.19. The summed E-state index contributed by atoms with van der Waals surface area (Å²) in [5.74, 6) is 0.777. The van der Waals surface area contributed by atoms with E-state index in [1.807, 2.05) is 18.3 Å². The Kier molecular flexibility index (Phi) is 4.92. The van der Waals surface area contributed by atoms with Crippen LogP contribution in [0.5, 0.6) is 6.01 Å². The molecule has 1 aliphatic heterocycles. The summed E-state index contributed by atoms with van der Waals surface area (Å²) in [6, 6.07) is 17.2. The highest BCUT2D eigenvalue weighted by molar-refractivity contribution is 5.86. The number of ether oxygens (including phenoxy) is 1. The Hall–Kier alpha value is -3.08. The van der Waals surface area contributed by atoms with Crippen LogP contribution in [0.3, 0.4) is 0 Å². The van der Waals surface area contributed by atoms with Gasteiger partial charge >= 0.3 is 6.01 Å². The molecule has 1 aliphatic rings. The van der Waals surface area contributed by atoms with Crippen molar-refractivity contribution >= 4 is 11.5 Å². The maximum atomic E-state index is 5.72. The Labute approximate surface area is 159 Å². The molecular weight excluding hydrogens is 336 g/mol. The summed E-state index contributed by atoms with van der Waals surface area (Å²) in [5, 5.41) is 7.12. The van der Waals surface area contributed by atoms with E-state index in [2.05, 4.69) is 70.8 Å². The highest BCUT2D eigenvalue weighted by Gasteiger charge is 2.22. The topological polar surface area (TPSA) is 59.1 Å². The van der Waals surface area contributed by atoms with Gasteiger partial charge in [0.05, 0.1) is 6.61 Å². The second-order valence-electron chi connectivity index (χ2n) is 6.79. The molecule has 5 nitrogen and oxygen atoms in total. The fraction of sp³-hybridized carbons (Fsp3) is 0.273. The number of aryl methyl sites for hydroxylation is 1. The quantitative estimate of drug-likeness (QED) is 0.615. The van der Waals surface area contributed by atoms with Gasteiger partial charge in [0.2, 0.25) is 0 Å². The predicted octanol–water partition coefficient (Wildman–Crippen LogP) is 5.17. The zero-order chi connectivity index (χ0) is 18.6. The molecule has 27 heavy (non-hydrogen) atoms. The van der Waals surface area contributed by atoms with Crippen molar-refractivity contribution in [2.45, 2.75) is 32.9 Å². The second kappa shape index (κ2) is 7.66. The molecule has 138 valence electrons. The Morgan fingerprint density at radius 2 is 1.81 bits per heavy atom. The summed E-state index contributed by atoms with van der Waals surface area (Å²) in [5.41, 5.74) is 5.49. The Morgan fingerprint density at radius 3 is 2.63 bits per heavy atom. The summed E-state index contributed by atoms with van der Waals surface area (Å²) in [6.45, 7) is 4.86. The van der Waals surface area contributed by atoms with Gasteiger partial charge in [-0.15, -0.1) is 0 Å². The van der Waals surface area contributed by atoms with E-state index in [0.717, 1.165) is 41.0 Å². The van der Waals surface area contributed by atoms with Gasteiger partial charge < -0.3 is 15.4 Å². The number of anilines is 2. The molecule has 1 atom stereocenters. The third-order valence-corrected chi connectivity index (χ3v) is 4.70. The van der Waals surface area contributed by atoms with Gasteiger partial charge in [-0.05, 0) is 25.0 Å². The van der Waals surface area contributed by atoms with Crippen LogP contribution in [0.2, 0.25) is 0 Å². The van der Waals surface area contributed by atoms with E-state index >= 15 is 0 Å². The predicted molar refractivity (Wildman–Crippen MR) is 109 cm³/mol. The highest BCUT2D eigenvalue weighted by atomic mass is 16.5. The SMILES string of the molecule is CCCCOc1ncc2c(n1)NC(c1ccc(C)cc1)Nc1ccccc1-2. The normalized spacial score (nSPS) is 15.0. The number of benzene rings is 2. The van der Waals surface area contributed by atoms with E-state index in [4.69, 9.17) is 4.74 Å². The van der Waals surface area contributed by atoms with Crippen molar-refractivity contribution in [3.05, 3.63) is 65.9 Å². The fourth-order valence-electron chi connectivity index (χ4n) is 3.15. The molecule has 0 saturated heterocycles. The average molecular weight is 360 g/mol. The molecule has 2 N–H and O–H groups in total. The molecule has 1 aromatic heterocycles. The lowest BCUT2D eigenvalue weighted by Gasteiger charge is -2.20. The minimum absolute atomic E-state index is 0.0913. The number of hydrogen-bond donors (Lipinski definition) is 2. The first kappa shape index (κ1) is 17.3. The fourth-order valence-corrected chi connectivity index (χ4v) is 3.15. The molecule has 1 unspecified atom stereocenters. The minimum Gasteiger partial charge on any atom is -0.463 e. The van der Waals surface area contributed by atoms with E-state index < -0.39 is 0 Å². The third kappa shape index (κ3) is 3.72. The molecule has 5 heteroatoms. The summed E-state index contributed by atoms with van der Waals surface area (Å²) < 4.78 is 5.72. The summed E-state index contributed by atoms with van der Waals surface area (Å²) in [4.78, 5) is 9.07. The molecule has 0 aliphatic carbocycles. The molecule has 2 aromatic carbocycles. The van der Waals surface area contributed by atoms with Crippen molar-refractivity contribution in [1.82, 2.24) is 9.97 Å². The monoisotopic (exact) mass is 360 g/mol. The molecule has 0 fully saturated rings. The standard InChI is InChI=1S/C22H24N4O/c1-3-4-13-27-22-23-14-18-17-7-5-6-8-19(17)24-20(25-21(18)26-22)16-11-9-15(2)10-12-16/h5-12,14,20,24H,3-4,13H2,1-2H3,(H,23,25,26). The zero-order valence-electron chi connectivity index (χ0n) is 15.7.